The van der Waals surface area contributed by atoms with Gasteiger partial charge in [0, 0.05) is 22.3 Å². The lowest BCUT2D eigenvalue weighted by Crippen LogP contribution is -2.06. The lowest BCUT2D eigenvalue weighted by atomic mass is 10.1. The molecular weight excluding hydrogens is 304 g/mol. The summed E-state index contributed by atoms with van der Waals surface area (Å²) in [7, 11) is 0. The molecule has 0 atom stereocenters. The number of nitrogens with zero attached hydrogens (tertiary/aromatic N) is 2. The van der Waals surface area contributed by atoms with E-state index in [0.29, 0.717) is 12.5 Å². The molecule has 3 nitrogen and oxygen atoms in total. The molecule has 100 valence electrons. The number of halogens is 1. The molecule has 1 aromatic heterocycles. The summed E-state index contributed by atoms with van der Waals surface area (Å²) in [6, 6.07) is 7.90. The summed E-state index contributed by atoms with van der Waals surface area (Å²) in [4.78, 5) is 12.2. The number of carbonyl (C=O) groups is 1. The van der Waals surface area contributed by atoms with Crippen LogP contribution in [0.25, 0.3) is 0 Å². The van der Waals surface area contributed by atoms with Crippen LogP contribution in [-0.4, -0.2) is 15.6 Å². The van der Waals surface area contributed by atoms with Gasteiger partial charge in [0.1, 0.15) is 0 Å². The van der Waals surface area contributed by atoms with Crippen LogP contribution < -0.4 is 0 Å². The van der Waals surface area contributed by atoms with Crippen molar-refractivity contribution in [1.82, 2.24) is 9.78 Å². The maximum Gasteiger partial charge on any atom is 0.168 e. The van der Waals surface area contributed by atoms with E-state index in [1.54, 1.807) is 0 Å². The van der Waals surface area contributed by atoms with E-state index in [4.69, 9.17) is 0 Å². The molecule has 0 unspecified atom stereocenters. The van der Waals surface area contributed by atoms with Gasteiger partial charge < -0.3 is 0 Å². The topological polar surface area (TPSA) is 34.9 Å². The highest BCUT2D eigenvalue weighted by Crippen LogP contribution is 2.18. The number of aryl methyl sites for hydroxylation is 1. The van der Waals surface area contributed by atoms with Crippen LogP contribution in [-0.2, 0) is 6.42 Å². The number of carbonyl (C=O) groups excluding carboxylic acids is 1. The first kappa shape index (κ1) is 14.0. The zero-order valence-corrected chi connectivity index (χ0v) is 12.9. The van der Waals surface area contributed by atoms with E-state index < -0.39 is 0 Å². The molecule has 0 spiro atoms. The van der Waals surface area contributed by atoms with Gasteiger partial charge in [-0.25, -0.2) is 0 Å². The minimum absolute atomic E-state index is 0.0923. The van der Waals surface area contributed by atoms with Gasteiger partial charge in [0.05, 0.1) is 12.1 Å². The predicted octanol–water partition coefficient (Wildman–Crippen LogP) is 3.96. The molecule has 4 heteroatoms. The molecule has 2 aromatic rings. The first-order valence-corrected chi connectivity index (χ1v) is 7.10. The number of Topliss-reactive ketones (excluding diaryl/α,β-unsaturated/α-hetero) is 1. The van der Waals surface area contributed by atoms with Crippen molar-refractivity contribution in [3.63, 3.8) is 0 Å². The number of benzene rings is 1. The van der Waals surface area contributed by atoms with E-state index >= 15 is 0 Å². The molecule has 0 bridgehead atoms. The van der Waals surface area contributed by atoms with Gasteiger partial charge in [0.15, 0.2) is 5.78 Å². The second-order valence-corrected chi connectivity index (χ2v) is 5.80. The highest BCUT2D eigenvalue weighted by molar-refractivity contribution is 9.10. The predicted molar refractivity (Wildman–Crippen MR) is 79.5 cm³/mol. The van der Waals surface area contributed by atoms with Crippen LogP contribution in [0.3, 0.4) is 0 Å². The Morgan fingerprint density at radius 1 is 1.37 bits per heavy atom. The molecule has 0 fully saturated rings. The SMILES string of the molecule is Cc1ccc(C(=O)Cc2ccn(C(C)C)n2)cc1Br. The second kappa shape index (κ2) is 5.70. The van der Waals surface area contributed by atoms with Gasteiger partial charge in [-0.1, -0.05) is 28.1 Å². The van der Waals surface area contributed by atoms with Crippen LogP contribution >= 0.6 is 15.9 Å². The minimum atomic E-state index is 0.0923. The zero-order valence-electron chi connectivity index (χ0n) is 11.4. The Balaban J connectivity index is 2.13. The lowest BCUT2D eigenvalue weighted by molar-refractivity contribution is 0.0991. The Morgan fingerprint density at radius 2 is 2.11 bits per heavy atom. The maximum absolute atomic E-state index is 12.2. The summed E-state index contributed by atoms with van der Waals surface area (Å²) < 4.78 is 2.83. The van der Waals surface area contributed by atoms with Gasteiger partial charge in [-0.3, -0.25) is 9.48 Å². The van der Waals surface area contributed by atoms with Crippen molar-refractivity contribution in [1.29, 1.82) is 0 Å². The van der Waals surface area contributed by atoms with Gasteiger partial charge in [-0.15, -0.1) is 0 Å². The van der Waals surface area contributed by atoms with Crippen molar-refractivity contribution >= 4 is 21.7 Å². The quantitative estimate of drug-likeness (QED) is 0.799. The minimum Gasteiger partial charge on any atom is -0.294 e. The lowest BCUT2D eigenvalue weighted by Gasteiger charge is -2.04. The number of rotatable bonds is 4. The van der Waals surface area contributed by atoms with Crippen molar-refractivity contribution in [2.45, 2.75) is 33.2 Å². The van der Waals surface area contributed by atoms with Crippen LogP contribution in [0.2, 0.25) is 0 Å². The smallest absolute Gasteiger partial charge is 0.168 e. The first-order chi connectivity index (χ1) is 8.97. The van der Waals surface area contributed by atoms with Gasteiger partial charge in [-0.2, -0.15) is 5.10 Å². The summed E-state index contributed by atoms with van der Waals surface area (Å²) in [5.41, 5.74) is 2.66. The van der Waals surface area contributed by atoms with Crippen LogP contribution in [0.5, 0.6) is 0 Å². The number of hydrogen-bond donors (Lipinski definition) is 0. The summed E-state index contributed by atoms with van der Waals surface area (Å²) >= 11 is 3.45. The van der Waals surface area contributed by atoms with Crippen LogP contribution in [0, 0.1) is 6.92 Å². The van der Waals surface area contributed by atoms with Crippen molar-refractivity contribution in [3.05, 3.63) is 51.8 Å². The number of aromatic nitrogens is 2. The molecule has 0 aliphatic heterocycles. The molecule has 0 saturated heterocycles. The third-order valence-electron chi connectivity index (χ3n) is 3.03. The van der Waals surface area contributed by atoms with E-state index in [1.165, 1.54) is 0 Å². The van der Waals surface area contributed by atoms with Gasteiger partial charge in [0.2, 0.25) is 0 Å². The first-order valence-electron chi connectivity index (χ1n) is 6.30. The largest absolute Gasteiger partial charge is 0.294 e. The third kappa shape index (κ3) is 3.32. The van der Waals surface area contributed by atoms with Crippen LogP contribution in [0.1, 0.15) is 41.5 Å². The number of hydrogen-bond acceptors (Lipinski definition) is 2. The van der Waals surface area contributed by atoms with E-state index in [0.717, 1.165) is 21.3 Å². The third-order valence-corrected chi connectivity index (χ3v) is 3.88. The summed E-state index contributed by atoms with van der Waals surface area (Å²) in [6.45, 7) is 6.13. The molecule has 0 saturated carbocycles. The molecule has 0 aliphatic carbocycles. The summed E-state index contributed by atoms with van der Waals surface area (Å²) in [5, 5.41) is 4.40. The molecular formula is C15H17BrN2O. The normalized spacial score (nSPS) is 11.0. The van der Waals surface area contributed by atoms with E-state index in [-0.39, 0.29) is 5.78 Å². The van der Waals surface area contributed by atoms with Crippen LogP contribution in [0.15, 0.2) is 34.9 Å². The highest BCUT2D eigenvalue weighted by atomic mass is 79.9. The fourth-order valence-electron chi connectivity index (χ4n) is 1.79. The Kier molecular flexibility index (Phi) is 4.20. The number of ketones is 1. The van der Waals surface area contributed by atoms with E-state index in [9.17, 15) is 4.79 Å². The zero-order chi connectivity index (χ0) is 14.0. The second-order valence-electron chi connectivity index (χ2n) is 4.94. The Labute approximate surface area is 121 Å². The molecule has 0 aliphatic rings. The van der Waals surface area contributed by atoms with Crippen molar-refractivity contribution in [2.75, 3.05) is 0 Å². The molecule has 2 rings (SSSR count). The monoisotopic (exact) mass is 320 g/mol. The van der Waals surface area contributed by atoms with E-state index in [2.05, 4.69) is 34.9 Å². The van der Waals surface area contributed by atoms with Gasteiger partial charge in [0.25, 0.3) is 0 Å². The molecule has 1 aromatic carbocycles. The van der Waals surface area contributed by atoms with Gasteiger partial charge in [-0.05, 0) is 38.5 Å². The summed E-state index contributed by atoms with van der Waals surface area (Å²) in [6.07, 6.45) is 2.26. The maximum atomic E-state index is 12.2. The van der Waals surface area contributed by atoms with E-state index in [1.807, 2.05) is 42.1 Å². The van der Waals surface area contributed by atoms with Crippen molar-refractivity contribution < 1.29 is 4.79 Å². The highest BCUT2D eigenvalue weighted by Gasteiger charge is 2.11. The fraction of sp³-hybridized carbons (Fsp3) is 0.333. The Morgan fingerprint density at radius 3 is 2.68 bits per heavy atom. The molecule has 0 radical (unpaired) electrons. The van der Waals surface area contributed by atoms with Crippen molar-refractivity contribution in [2.24, 2.45) is 0 Å². The van der Waals surface area contributed by atoms with Crippen LogP contribution in [0.4, 0.5) is 0 Å². The Hall–Kier alpha value is -1.42. The standard InChI is InChI=1S/C15H17BrN2O/c1-10(2)18-7-6-13(17-18)9-15(19)12-5-4-11(3)14(16)8-12/h4-8,10H,9H2,1-3H3. The van der Waals surface area contributed by atoms with Crippen molar-refractivity contribution in [3.8, 4) is 0 Å². The molecule has 19 heavy (non-hydrogen) atoms. The van der Waals surface area contributed by atoms with Gasteiger partial charge >= 0.3 is 0 Å². The summed E-state index contributed by atoms with van der Waals surface area (Å²) in [5.74, 6) is 0.0923. The Bertz CT molecular complexity index is 602. The average molecular weight is 321 g/mol. The molecule has 0 amide bonds. The molecule has 1 heterocycles. The molecule has 0 N–H and O–H groups in total. The fourth-order valence-corrected chi connectivity index (χ4v) is 2.17. The average Bonchev–Trinajstić information content (AvgIpc) is 2.81.